The number of methoxy groups -OCH3 is 1. The minimum Gasteiger partial charge on any atom is -0.493 e. The number of nitrogens with zero attached hydrogens (tertiary/aromatic N) is 1. The Labute approximate surface area is 160 Å². The molecule has 5 heteroatoms. The van der Waals surface area contributed by atoms with Gasteiger partial charge in [0, 0.05) is 29.9 Å². The Morgan fingerprint density at radius 1 is 1.22 bits per heavy atom. The summed E-state index contributed by atoms with van der Waals surface area (Å²) in [4.78, 5) is 14.9. The SMILES string of the molecule is CCCOc1c(OC)cccc1C(=CCCCCC(=O)O)c1cccnc1. The molecule has 1 heterocycles. The highest BCUT2D eigenvalue weighted by molar-refractivity contribution is 5.83. The van der Waals surface area contributed by atoms with Gasteiger partial charge in [0.1, 0.15) is 0 Å². The van der Waals surface area contributed by atoms with Crippen molar-refractivity contribution >= 4 is 11.5 Å². The summed E-state index contributed by atoms with van der Waals surface area (Å²) in [6.45, 7) is 2.67. The minimum atomic E-state index is -0.755. The Balaban J connectivity index is 2.37. The van der Waals surface area contributed by atoms with E-state index in [1.54, 1.807) is 13.3 Å². The van der Waals surface area contributed by atoms with Crippen LogP contribution in [0.1, 0.15) is 50.2 Å². The summed E-state index contributed by atoms with van der Waals surface area (Å²) in [5.74, 6) is 0.665. The number of carboxylic acid groups (broad SMARTS) is 1. The van der Waals surface area contributed by atoms with Gasteiger partial charge in [-0.05, 0) is 43.4 Å². The standard InChI is InChI=1S/C22H27NO4/c1-3-15-27-22-19(11-7-12-20(22)26-2)18(17-9-8-14-23-16-17)10-5-4-6-13-21(24)25/h7-12,14,16H,3-6,13,15H2,1-2H3,(H,24,25). The summed E-state index contributed by atoms with van der Waals surface area (Å²) in [6.07, 6.45) is 9.04. The van der Waals surface area contributed by atoms with Crippen LogP contribution in [0.15, 0.2) is 48.8 Å². The van der Waals surface area contributed by atoms with Crippen LogP contribution >= 0.6 is 0 Å². The number of aliphatic carboxylic acids is 1. The number of pyridine rings is 1. The second-order valence-electron chi connectivity index (χ2n) is 6.18. The predicted octanol–water partition coefficient (Wildman–Crippen LogP) is 4.96. The van der Waals surface area contributed by atoms with Crippen LogP contribution in [0.4, 0.5) is 0 Å². The van der Waals surface area contributed by atoms with Crippen molar-refractivity contribution in [3.63, 3.8) is 0 Å². The molecular weight excluding hydrogens is 342 g/mol. The lowest BCUT2D eigenvalue weighted by atomic mass is 9.96. The molecule has 0 saturated heterocycles. The van der Waals surface area contributed by atoms with Gasteiger partial charge in [-0.3, -0.25) is 9.78 Å². The molecule has 0 saturated carbocycles. The van der Waals surface area contributed by atoms with Gasteiger partial charge in [-0.1, -0.05) is 31.2 Å². The molecule has 0 aliphatic rings. The van der Waals surface area contributed by atoms with E-state index in [0.29, 0.717) is 18.8 Å². The number of benzene rings is 1. The predicted molar refractivity (Wildman–Crippen MR) is 106 cm³/mol. The monoisotopic (exact) mass is 369 g/mol. The fourth-order valence-electron chi connectivity index (χ4n) is 2.81. The fraction of sp³-hybridized carbons (Fsp3) is 0.364. The average molecular weight is 369 g/mol. The second-order valence-corrected chi connectivity index (χ2v) is 6.18. The maximum Gasteiger partial charge on any atom is 0.303 e. The quantitative estimate of drug-likeness (QED) is 0.567. The molecule has 0 radical (unpaired) electrons. The highest BCUT2D eigenvalue weighted by Gasteiger charge is 2.15. The molecule has 0 amide bonds. The number of carboxylic acids is 1. The van der Waals surface area contributed by atoms with E-state index >= 15 is 0 Å². The average Bonchev–Trinajstić information content (AvgIpc) is 2.69. The molecule has 2 rings (SSSR count). The number of para-hydroxylation sites is 1. The molecule has 0 aliphatic heterocycles. The first kappa shape index (κ1) is 20.5. The van der Waals surface area contributed by atoms with Gasteiger partial charge in [-0.2, -0.15) is 0 Å². The largest absolute Gasteiger partial charge is 0.493 e. The van der Waals surface area contributed by atoms with Gasteiger partial charge < -0.3 is 14.6 Å². The topological polar surface area (TPSA) is 68.7 Å². The third kappa shape index (κ3) is 6.13. The minimum absolute atomic E-state index is 0.195. The van der Waals surface area contributed by atoms with Crippen LogP contribution < -0.4 is 9.47 Å². The van der Waals surface area contributed by atoms with Gasteiger partial charge in [0.05, 0.1) is 13.7 Å². The molecule has 1 aromatic heterocycles. The van der Waals surface area contributed by atoms with E-state index in [0.717, 1.165) is 41.7 Å². The van der Waals surface area contributed by atoms with Crippen LogP contribution in [0.5, 0.6) is 11.5 Å². The second kappa shape index (κ2) is 11.0. The Morgan fingerprint density at radius 3 is 2.74 bits per heavy atom. The van der Waals surface area contributed by atoms with E-state index in [9.17, 15) is 4.79 Å². The highest BCUT2D eigenvalue weighted by Crippen LogP contribution is 2.38. The zero-order chi connectivity index (χ0) is 19.5. The van der Waals surface area contributed by atoms with Crippen molar-refractivity contribution in [2.24, 2.45) is 0 Å². The summed E-state index contributed by atoms with van der Waals surface area (Å²) >= 11 is 0. The number of hydrogen-bond donors (Lipinski definition) is 1. The smallest absolute Gasteiger partial charge is 0.303 e. The normalized spacial score (nSPS) is 11.3. The van der Waals surface area contributed by atoms with Crippen molar-refractivity contribution in [2.45, 2.75) is 39.0 Å². The Bertz CT molecular complexity index is 756. The number of allylic oxidation sites excluding steroid dienone is 1. The van der Waals surface area contributed by atoms with Gasteiger partial charge in [0.2, 0.25) is 0 Å². The Morgan fingerprint density at radius 2 is 2.07 bits per heavy atom. The van der Waals surface area contributed by atoms with Crippen LogP contribution in [0.2, 0.25) is 0 Å². The van der Waals surface area contributed by atoms with Crippen molar-refractivity contribution in [3.05, 3.63) is 59.9 Å². The third-order valence-corrected chi connectivity index (χ3v) is 4.11. The molecule has 2 aromatic rings. The van der Waals surface area contributed by atoms with E-state index in [2.05, 4.69) is 18.0 Å². The highest BCUT2D eigenvalue weighted by atomic mass is 16.5. The van der Waals surface area contributed by atoms with Gasteiger partial charge in [0.25, 0.3) is 0 Å². The number of ether oxygens (including phenoxy) is 2. The van der Waals surface area contributed by atoms with Crippen LogP contribution in [-0.2, 0) is 4.79 Å². The van der Waals surface area contributed by atoms with Crippen LogP contribution in [0.25, 0.3) is 5.57 Å². The molecule has 1 aromatic carbocycles. The Hall–Kier alpha value is -2.82. The molecule has 0 unspecified atom stereocenters. The molecular formula is C22H27NO4. The molecule has 0 spiro atoms. The van der Waals surface area contributed by atoms with E-state index in [4.69, 9.17) is 14.6 Å². The van der Waals surface area contributed by atoms with E-state index in [-0.39, 0.29) is 6.42 Å². The van der Waals surface area contributed by atoms with Crippen molar-refractivity contribution in [1.82, 2.24) is 4.98 Å². The fourth-order valence-corrected chi connectivity index (χ4v) is 2.81. The van der Waals surface area contributed by atoms with Gasteiger partial charge in [-0.15, -0.1) is 0 Å². The number of aromatic nitrogens is 1. The van der Waals surface area contributed by atoms with Crippen LogP contribution in [0, 0.1) is 0 Å². The molecule has 0 fully saturated rings. The summed E-state index contributed by atoms with van der Waals surface area (Å²) in [5.41, 5.74) is 2.96. The third-order valence-electron chi connectivity index (χ3n) is 4.11. The van der Waals surface area contributed by atoms with Crippen molar-refractivity contribution in [1.29, 1.82) is 0 Å². The van der Waals surface area contributed by atoms with Gasteiger partial charge >= 0.3 is 5.97 Å². The summed E-state index contributed by atoms with van der Waals surface area (Å²) in [6, 6.07) is 9.77. The lowest BCUT2D eigenvalue weighted by Crippen LogP contribution is -2.02. The van der Waals surface area contributed by atoms with Gasteiger partial charge in [0.15, 0.2) is 11.5 Å². The number of rotatable bonds is 11. The summed E-state index contributed by atoms with van der Waals surface area (Å²) in [7, 11) is 1.64. The first-order valence-corrected chi connectivity index (χ1v) is 9.29. The lowest BCUT2D eigenvalue weighted by Gasteiger charge is -2.17. The zero-order valence-corrected chi connectivity index (χ0v) is 16.0. The molecule has 144 valence electrons. The molecule has 5 nitrogen and oxygen atoms in total. The lowest BCUT2D eigenvalue weighted by molar-refractivity contribution is -0.137. The van der Waals surface area contributed by atoms with Crippen molar-refractivity contribution in [2.75, 3.05) is 13.7 Å². The number of unbranched alkanes of at least 4 members (excludes halogenated alkanes) is 2. The molecule has 0 aliphatic carbocycles. The first-order chi connectivity index (χ1) is 13.2. The van der Waals surface area contributed by atoms with E-state index in [1.807, 2.05) is 36.5 Å². The number of hydrogen-bond acceptors (Lipinski definition) is 4. The zero-order valence-electron chi connectivity index (χ0n) is 16.0. The Kier molecular flexibility index (Phi) is 8.36. The van der Waals surface area contributed by atoms with E-state index < -0.39 is 5.97 Å². The molecule has 1 N–H and O–H groups in total. The maximum atomic E-state index is 10.7. The number of carbonyl (C=O) groups is 1. The molecule has 0 bridgehead atoms. The van der Waals surface area contributed by atoms with Crippen molar-refractivity contribution < 1.29 is 19.4 Å². The first-order valence-electron chi connectivity index (χ1n) is 9.29. The van der Waals surface area contributed by atoms with Gasteiger partial charge in [-0.25, -0.2) is 0 Å². The summed E-state index contributed by atoms with van der Waals surface area (Å²) in [5, 5.41) is 8.80. The summed E-state index contributed by atoms with van der Waals surface area (Å²) < 4.78 is 11.5. The molecule has 0 atom stereocenters. The van der Waals surface area contributed by atoms with Crippen LogP contribution in [0.3, 0.4) is 0 Å². The van der Waals surface area contributed by atoms with Crippen molar-refractivity contribution in [3.8, 4) is 11.5 Å². The van der Waals surface area contributed by atoms with Crippen LogP contribution in [-0.4, -0.2) is 29.8 Å². The maximum absolute atomic E-state index is 10.7. The van der Waals surface area contributed by atoms with E-state index in [1.165, 1.54) is 0 Å². The molecule has 27 heavy (non-hydrogen) atoms.